The summed E-state index contributed by atoms with van der Waals surface area (Å²) in [6.45, 7) is 2.28. The van der Waals surface area contributed by atoms with Gasteiger partial charge in [-0.15, -0.1) is 0 Å². The highest BCUT2D eigenvalue weighted by molar-refractivity contribution is 6.10. The van der Waals surface area contributed by atoms with Crippen LogP contribution in [0.15, 0.2) is 146 Å². The van der Waals surface area contributed by atoms with Crippen molar-refractivity contribution in [3.05, 3.63) is 157 Å². The van der Waals surface area contributed by atoms with Crippen molar-refractivity contribution in [2.75, 3.05) is 0 Å². The van der Waals surface area contributed by atoms with Gasteiger partial charge in [-0.05, 0) is 71.7 Å². The topological polar surface area (TPSA) is 61.4 Å². The Balaban J connectivity index is 1.34. The van der Waals surface area contributed by atoms with Crippen molar-refractivity contribution in [3.8, 4) is 23.0 Å². The lowest BCUT2D eigenvalue weighted by molar-refractivity contribution is 0.749. The van der Waals surface area contributed by atoms with Crippen LogP contribution in [-0.4, -0.2) is 29.1 Å². The lowest BCUT2D eigenvalue weighted by Gasteiger charge is -2.22. The summed E-state index contributed by atoms with van der Waals surface area (Å²) in [6, 6.07) is 30.1. The van der Waals surface area contributed by atoms with Gasteiger partial charge in [-0.1, -0.05) is 98.0 Å². The number of pyridine rings is 2. The second-order valence-electron chi connectivity index (χ2n) is 13.5. The van der Waals surface area contributed by atoms with Gasteiger partial charge in [0.2, 0.25) is 0 Å². The van der Waals surface area contributed by atoms with Crippen molar-refractivity contribution < 1.29 is 0 Å². The highest BCUT2D eigenvalue weighted by Crippen LogP contribution is 2.41. The van der Waals surface area contributed by atoms with Gasteiger partial charge < -0.3 is 0 Å². The second kappa shape index (κ2) is 11.9. The molecule has 0 saturated carbocycles. The van der Waals surface area contributed by atoms with Crippen LogP contribution in [0.25, 0.3) is 77.8 Å². The van der Waals surface area contributed by atoms with Crippen LogP contribution in [0, 0.1) is 5.92 Å². The van der Waals surface area contributed by atoms with E-state index in [-0.39, 0.29) is 0 Å². The summed E-state index contributed by atoms with van der Waals surface area (Å²) >= 11 is 0. The molecule has 51 heavy (non-hydrogen) atoms. The van der Waals surface area contributed by atoms with Gasteiger partial charge in [0, 0.05) is 45.6 Å². The lowest BCUT2D eigenvalue weighted by Crippen LogP contribution is -2.09. The van der Waals surface area contributed by atoms with E-state index in [4.69, 9.17) is 9.97 Å². The quantitative estimate of drug-likeness (QED) is 0.185. The first kappa shape index (κ1) is 29.5. The Bertz CT molecular complexity index is 2570. The fraction of sp³-hybridized carbons (Fsp3) is 0.111. The van der Waals surface area contributed by atoms with E-state index in [2.05, 4.69) is 147 Å². The van der Waals surface area contributed by atoms with Gasteiger partial charge in [-0.3, -0.25) is 19.1 Å². The molecular weight excluding hydrogens is 625 g/mol. The molecule has 0 aliphatic heterocycles. The Morgan fingerprint density at radius 3 is 1.80 bits per heavy atom. The van der Waals surface area contributed by atoms with E-state index < -0.39 is 0 Å². The molecule has 2 aliphatic carbocycles. The molecule has 0 N–H and O–H groups in total. The molecule has 3 aromatic carbocycles. The highest BCUT2D eigenvalue weighted by atomic mass is 15.1. The summed E-state index contributed by atoms with van der Waals surface area (Å²) in [5, 5.41) is 4.59. The average molecular weight is 659 g/mol. The molecule has 5 aromatic heterocycles. The van der Waals surface area contributed by atoms with Crippen LogP contribution in [0.1, 0.15) is 37.3 Å². The van der Waals surface area contributed by atoms with E-state index in [1.807, 2.05) is 24.8 Å². The number of hydrogen-bond acceptors (Lipinski definition) is 4. The summed E-state index contributed by atoms with van der Waals surface area (Å²) in [7, 11) is 0. The van der Waals surface area contributed by atoms with Gasteiger partial charge in [0.05, 0.1) is 34.5 Å². The van der Waals surface area contributed by atoms with Gasteiger partial charge in [0.25, 0.3) is 0 Å². The van der Waals surface area contributed by atoms with Crippen molar-refractivity contribution in [2.45, 2.75) is 26.2 Å². The molecule has 244 valence electrons. The Morgan fingerprint density at radius 2 is 1.20 bits per heavy atom. The zero-order valence-electron chi connectivity index (χ0n) is 28.2. The van der Waals surface area contributed by atoms with Crippen molar-refractivity contribution in [3.63, 3.8) is 0 Å². The number of hydrogen-bond donors (Lipinski definition) is 0. The number of allylic oxidation sites excluding steroid dienone is 8. The SMILES string of the molecule is CC1C=CC=C(c2cccc(C3=CC=CCC3)c2-c2nc(-n3c4ccccc4c4ccncc43)cc(-n3c4ccccc4c4ccncc43)n2)C1. The van der Waals surface area contributed by atoms with E-state index in [9.17, 15) is 0 Å². The first-order valence-corrected chi connectivity index (χ1v) is 17.7. The highest BCUT2D eigenvalue weighted by Gasteiger charge is 2.24. The Labute approximate surface area is 295 Å². The van der Waals surface area contributed by atoms with Crippen LogP contribution in [0.3, 0.4) is 0 Å². The van der Waals surface area contributed by atoms with E-state index in [1.54, 1.807) is 0 Å². The standard InChI is InChI=1S/C45H34N6/c1-29-11-9-14-31(25-29)33-18-10-17-32(30-12-3-2-4-13-30)44(33)45-48-42(50-38-19-7-5-15-34(38)36-21-23-46-27-40(36)50)26-43(49-45)51-39-20-8-6-16-35(39)37-22-24-47-28-41(37)51/h2-3,5-12,14-24,26-29H,4,13,25H2,1H3. The molecule has 10 rings (SSSR count). The number of rotatable bonds is 5. The normalized spacial score (nSPS) is 16.0. The van der Waals surface area contributed by atoms with E-state index in [1.165, 1.54) is 22.3 Å². The third kappa shape index (κ3) is 4.78. The molecule has 0 fully saturated rings. The molecular formula is C45H34N6. The fourth-order valence-electron chi connectivity index (χ4n) is 8.09. The Hall–Kier alpha value is -6.40. The minimum Gasteiger partial charge on any atom is -0.292 e. The molecule has 2 aliphatic rings. The van der Waals surface area contributed by atoms with Gasteiger partial charge in [0.1, 0.15) is 11.6 Å². The summed E-state index contributed by atoms with van der Waals surface area (Å²) in [6.07, 6.45) is 24.0. The Kier molecular flexibility index (Phi) is 6.88. The van der Waals surface area contributed by atoms with Gasteiger partial charge in [-0.25, -0.2) is 9.97 Å². The average Bonchev–Trinajstić information content (AvgIpc) is 3.71. The summed E-state index contributed by atoms with van der Waals surface area (Å²) in [5.41, 5.74) is 10.2. The van der Waals surface area contributed by atoms with Crippen LogP contribution in [0.5, 0.6) is 0 Å². The smallest absolute Gasteiger partial charge is 0.165 e. The molecule has 6 nitrogen and oxygen atoms in total. The zero-order chi connectivity index (χ0) is 33.9. The van der Waals surface area contributed by atoms with Crippen molar-refractivity contribution in [2.24, 2.45) is 5.92 Å². The second-order valence-corrected chi connectivity index (χ2v) is 13.5. The first-order valence-electron chi connectivity index (χ1n) is 17.7. The minimum absolute atomic E-state index is 0.441. The molecule has 0 spiro atoms. The van der Waals surface area contributed by atoms with Crippen LogP contribution in [-0.2, 0) is 0 Å². The predicted molar refractivity (Wildman–Crippen MR) is 209 cm³/mol. The van der Waals surface area contributed by atoms with Crippen molar-refractivity contribution in [1.29, 1.82) is 0 Å². The number of para-hydroxylation sites is 2. The third-order valence-electron chi connectivity index (χ3n) is 10.4. The summed E-state index contributed by atoms with van der Waals surface area (Å²) in [5.74, 6) is 2.70. The monoisotopic (exact) mass is 658 g/mol. The molecule has 1 unspecified atom stereocenters. The van der Waals surface area contributed by atoms with Crippen LogP contribution in [0.2, 0.25) is 0 Å². The number of nitrogens with zero attached hydrogens (tertiary/aromatic N) is 6. The number of aromatic nitrogens is 6. The van der Waals surface area contributed by atoms with E-state index >= 15 is 0 Å². The van der Waals surface area contributed by atoms with E-state index in [0.29, 0.717) is 11.7 Å². The largest absolute Gasteiger partial charge is 0.292 e. The first-order chi connectivity index (χ1) is 25.2. The Morgan fingerprint density at radius 1 is 0.608 bits per heavy atom. The molecule has 0 saturated heterocycles. The maximum absolute atomic E-state index is 5.55. The van der Waals surface area contributed by atoms with Gasteiger partial charge >= 0.3 is 0 Å². The van der Waals surface area contributed by atoms with E-state index in [0.717, 1.165) is 80.1 Å². The minimum atomic E-state index is 0.441. The van der Waals surface area contributed by atoms with Crippen LogP contribution >= 0.6 is 0 Å². The predicted octanol–water partition coefficient (Wildman–Crippen LogP) is 10.8. The maximum Gasteiger partial charge on any atom is 0.165 e. The number of benzene rings is 3. The van der Waals surface area contributed by atoms with Gasteiger partial charge in [-0.2, -0.15) is 0 Å². The van der Waals surface area contributed by atoms with Crippen molar-refractivity contribution in [1.82, 2.24) is 29.1 Å². The lowest BCUT2D eigenvalue weighted by atomic mass is 9.84. The maximum atomic E-state index is 5.55. The molecule has 1 atom stereocenters. The molecule has 5 heterocycles. The molecule has 6 heteroatoms. The number of fused-ring (bicyclic) bond motifs is 6. The zero-order valence-corrected chi connectivity index (χ0v) is 28.2. The third-order valence-corrected chi connectivity index (χ3v) is 10.4. The summed E-state index contributed by atoms with van der Waals surface area (Å²) < 4.78 is 4.49. The molecule has 0 radical (unpaired) electrons. The molecule has 8 aromatic rings. The van der Waals surface area contributed by atoms with Gasteiger partial charge in [0.15, 0.2) is 5.82 Å². The van der Waals surface area contributed by atoms with Crippen molar-refractivity contribution >= 4 is 54.8 Å². The molecule has 0 amide bonds. The van der Waals surface area contributed by atoms with Crippen LogP contribution < -0.4 is 0 Å². The summed E-state index contributed by atoms with van der Waals surface area (Å²) in [4.78, 5) is 20.3. The molecule has 0 bridgehead atoms. The van der Waals surface area contributed by atoms with Crippen LogP contribution in [0.4, 0.5) is 0 Å². The fourth-order valence-corrected chi connectivity index (χ4v) is 8.09.